The van der Waals surface area contributed by atoms with E-state index in [1.807, 2.05) is 6.20 Å². The van der Waals surface area contributed by atoms with Crippen LogP contribution < -0.4 is 5.32 Å². The number of hydrogen-bond acceptors (Lipinski definition) is 3. The van der Waals surface area contributed by atoms with Crippen LogP contribution >= 0.6 is 11.3 Å². The average molecular weight is 280 g/mol. The number of thiazole rings is 1. The molecule has 2 nitrogen and oxygen atoms in total. The van der Waals surface area contributed by atoms with Gasteiger partial charge in [-0.05, 0) is 24.2 Å². The predicted molar refractivity (Wildman–Crippen MR) is 83.7 cm³/mol. The lowest BCUT2D eigenvalue weighted by atomic mass is 9.69. The van der Waals surface area contributed by atoms with E-state index in [1.54, 1.807) is 11.3 Å². The van der Waals surface area contributed by atoms with Crippen molar-refractivity contribution in [3.8, 4) is 0 Å². The van der Waals surface area contributed by atoms with Crippen molar-refractivity contribution in [3.05, 3.63) is 16.6 Å². The molecule has 1 fully saturated rings. The maximum atomic E-state index is 4.43. The van der Waals surface area contributed by atoms with Crippen LogP contribution in [0.3, 0.4) is 0 Å². The molecule has 2 rings (SSSR count). The van der Waals surface area contributed by atoms with E-state index in [1.165, 1.54) is 30.7 Å². The van der Waals surface area contributed by atoms with Crippen LogP contribution in [0.1, 0.15) is 64.3 Å². The van der Waals surface area contributed by atoms with E-state index in [0.29, 0.717) is 17.4 Å². The molecule has 1 aromatic rings. The van der Waals surface area contributed by atoms with Gasteiger partial charge in [-0.3, -0.25) is 0 Å². The van der Waals surface area contributed by atoms with Crippen LogP contribution in [-0.2, 0) is 0 Å². The first-order valence-corrected chi connectivity index (χ1v) is 8.49. The fraction of sp³-hybridized carbons (Fsp3) is 0.812. The van der Waals surface area contributed by atoms with Crippen molar-refractivity contribution in [3.63, 3.8) is 0 Å². The molecule has 0 aromatic carbocycles. The highest BCUT2D eigenvalue weighted by Gasteiger charge is 2.33. The Bertz CT molecular complexity index is 367. The third-order valence-corrected chi connectivity index (χ3v) is 5.44. The van der Waals surface area contributed by atoms with Crippen molar-refractivity contribution in [2.45, 2.75) is 65.3 Å². The summed E-state index contributed by atoms with van der Waals surface area (Å²) >= 11 is 1.77. The van der Waals surface area contributed by atoms with Gasteiger partial charge in [0.25, 0.3) is 0 Å². The highest BCUT2D eigenvalue weighted by molar-refractivity contribution is 7.09. The molecule has 3 heteroatoms. The van der Waals surface area contributed by atoms with Gasteiger partial charge in [-0.2, -0.15) is 0 Å². The zero-order chi connectivity index (χ0) is 13.9. The fourth-order valence-electron chi connectivity index (χ4n) is 3.31. The molecule has 0 saturated heterocycles. The van der Waals surface area contributed by atoms with Crippen molar-refractivity contribution in [2.24, 2.45) is 11.3 Å². The van der Waals surface area contributed by atoms with Gasteiger partial charge in [0.2, 0.25) is 0 Å². The highest BCUT2D eigenvalue weighted by Crippen LogP contribution is 2.38. The molecule has 19 heavy (non-hydrogen) atoms. The molecule has 1 aliphatic rings. The SMILES string of the molecule is CC(CNC1CCCCC1C(C)(C)C)c1nccs1. The Morgan fingerprint density at radius 2 is 2.11 bits per heavy atom. The Labute approximate surface area is 122 Å². The van der Waals surface area contributed by atoms with Crippen molar-refractivity contribution in [2.75, 3.05) is 6.54 Å². The van der Waals surface area contributed by atoms with Gasteiger partial charge in [0.05, 0.1) is 5.01 Å². The van der Waals surface area contributed by atoms with Gasteiger partial charge < -0.3 is 5.32 Å². The summed E-state index contributed by atoms with van der Waals surface area (Å²) in [5, 5.41) is 7.17. The average Bonchev–Trinajstić information content (AvgIpc) is 2.89. The topological polar surface area (TPSA) is 24.9 Å². The highest BCUT2D eigenvalue weighted by atomic mass is 32.1. The van der Waals surface area contributed by atoms with E-state index < -0.39 is 0 Å². The molecule has 1 aromatic heterocycles. The minimum Gasteiger partial charge on any atom is -0.313 e. The van der Waals surface area contributed by atoms with Crippen LogP contribution in [0.2, 0.25) is 0 Å². The largest absolute Gasteiger partial charge is 0.313 e. The first kappa shape index (κ1) is 15.0. The Morgan fingerprint density at radius 1 is 1.37 bits per heavy atom. The molecular weight excluding hydrogens is 252 g/mol. The first-order chi connectivity index (χ1) is 8.98. The van der Waals surface area contributed by atoms with Gasteiger partial charge in [0, 0.05) is 30.1 Å². The Kier molecular flexibility index (Phi) is 5.02. The number of aromatic nitrogens is 1. The van der Waals surface area contributed by atoms with E-state index in [2.05, 4.69) is 43.4 Å². The second-order valence-corrected chi connectivity index (χ2v) is 7.97. The number of nitrogens with one attached hydrogen (secondary N) is 1. The molecule has 1 heterocycles. The maximum Gasteiger partial charge on any atom is 0.0965 e. The molecule has 3 atom stereocenters. The summed E-state index contributed by atoms with van der Waals surface area (Å²) < 4.78 is 0. The van der Waals surface area contributed by atoms with Gasteiger partial charge in [0.1, 0.15) is 0 Å². The zero-order valence-electron chi connectivity index (χ0n) is 12.8. The normalized spacial score (nSPS) is 26.3. The molecule has 0 spiro atoms. The minimum absolute atomic E-state index is 0.419. The summed E-state index contributed by atoms with van der Waals surface area (Å²) in [7, 11) is 0. The maximum absolute atomic E-state index is 4.43. The molecule has 0 aliphatic heterocycles. The number of hydrogen-bond donors (Lipinski definition) is 1. The van der Waals surface area contributed by atoms with Crippen molar-refractivity contribution in [1.29, 1.82) is 0 Å². The standard InChI is InChI=1S/C16H28N2S/c1-12(15-17-9-10-19-15)11-18-14-8-6-5-7-13(14)16(2,3)4/h9-10,12-14,18H,5-8,11H2,1-4H3. The first-order valence-electron chi connectivity index (χ1n) is 7.61. The fourth-order valence-corrected chi connectivity index (χ4v) is 4.00. The Hall–Kier alpha value is -0.410. The molecule has 108 valence electrons. The quantitative estimate of drug-likeness (QED) is 0.882. The van der Waals surface area contributed by atoms with Crippen LogP contribution in [0.25, 0.3) is 0 Å². The van der Waals surface area contributed by atoms with Gasteiger partial charge in [-0.25, -0.2) is 4.98 Å². The lowest BCUT2D eigenvalue weighted by molar-refractivity contribution is 0.130. The zero-order valence-corrected chi connectivity index (χ0v) is 13.6. The lowest BCUT2D eigenvalue weighted by Crippen LogP contribution is -2.45. The van der Waals surface area contributed by atoms with E-state index in [9.17, 15) is 0 Å². The van der Waals surface area contributed by atoms with Crippen LogP contribution in [0, 0.1) is 11.3 Å². The van der Waals surface area contributed by atoms with Crippen molar-refractivity contribution >= 4 is 11.3 Å². The van der Waals surface area contributed by atoms with Crippen molar-refractivity contribution < 1.29 is 0 Å². The molecule has 1 aliphatic carbocycles. The van der Waals surface area contributed by atoms with E-state index in [0.717, 1.165) is 12.5 Å². The third-order valence-electron chi connectivity index (χ3n) is 4.44. The number of nitrogens with zero attached hydrogens (tertiary/aromatic N) is 1. The summed E-state index contributed by atoms with van der Waals surface area (Å²) in [5.41, 5.74) is 0.419. The van der Waals surface area contributed by atoms with Crippen LogP contribution in [-0.4, -0.2) is 17.6 Å². The number of rotatable bonds is 4. The molecule has 1 saturated carbocycles. The molecular formula is C16H28N2S. The minimum atomic E-state index is 0.419. The predicted octanol–water partition coefficient (Wildman–Crippen LogP) is 4.44. The van der Waals surface area contributed by atoms with Crippen molar-refractivity contribution in [1.82, 2.24) is 10.3 Å². The van der Waals surface area contributed by atoms with E-state index >= 15 is 0 Å². The molecule has 0 radical (unpaired) electrons. The lowest BCUT2D eigenvalue weighted by Gasteiger charge is -2.41. The van der Waals surface area contributed by atoms with E-state index in [4.69, 9.17) is 0 Å². The summed E-state index contributed by atoms with van der Waals surface area (Å²) in [6.45, 7) is 10.5. The summed E-state index contributed by atoms with van der Waals surface area (Å²) in [6, 6.07) is 0.691. The van der Waals surface area contributed by atoms with E-state index in [-0.39, 0.29) is 0 Å². The van der Waals surface area contributed by atoms with Gasteiger partial charge in [-0.1, -0.05) is 40.5 Å². The Balaban J connectivity index is 1.89. The molecule has 0 amide bonds. The Morgan fingerprint density at radius 3 is 2.74 bits per heavy atom. The second kappa shape index (κ2) is 6.36. The van der Waals surface area contributed by atoms with Crippen LogP contribution in [0.15, 0.2) is 11.6 Å². The molecule has 0 bridgehead atoms. The monoisotopic (exact) mass is 280 g/mol. The second-order valence-electron chi connectivity index (χ2n) is 7.04. The van der Waals surface area contributed by atoms with Crippen LogP contribution in [0.4, 0.5) is 0 Å². The molecule has 3 unspecified atom stereocenters. The summed E-state index contributed by atoms with van der Waals surface area (Å²) in [6.07, 6.45) is 7.42. The molecule has 1 N–H and O–H groups in total. The van der Waals surface area contributed by atoms with Crippen LogP contribution in [0.5, 0.6) is 0 Å². The van der Waals surface area contributed by atoms with Gasteiger partial charge in [0.15, 0.2) is 0 Å². The van der Waals surface area contributed by atoms with Gasteiger partial charge in [-0.15, -0.1) is 11.3 Å². The summed E-state index contributed by atoms with van der Waals surface area (Å²) in [5.74, 6) is 1.34. The van der Waals surface area contributed by atoms with Gasteiger partial charge >= 0.3 is 0 Å². The smallest absolute Gasteiger partial charge is 0.0965 e. The third kappa shape index (κ3) is 4.03. The summed E-state index contributed by atoms with van der Waals surface area (Å²) in [4.78, 5) is 4.43.